The SMILES string of the molecule is OB(O)c1cc(Br)ccc1OCc1ccccc1. The van der Waals surface area contributed by atoms with Gasteiger partial charge in [-0.1, -0.05) is 46.3 Å². The van der Waals surface area contributed by atoms with Crippen molar-refractivity contribution >= 4 is 28.5 Å². The molecular weight excluding hydrogens is 295 g/mol. The summed E-state index contributed by atoms with van der Waals surface area (Å²) in [4.78, 5) is 0. The summed E-state index contributed by atoms with van der Waals surface area (Å²) in [5.41, 5.74) is 1.37. The van der Waals surface area contributed by atoms with Crippen molar-refractivity contribution in [3.05, 3.63) is 58.6 Å². The standard InChI is InChI=1S/C13H12BBrO3/c15-11-6-7-13(12(8-11)14(16)17)18-9-10-4-2-1-3-5-10/h1-8,16-17H,9H2. The van der Waals surface area contributed by atoms with E-state index in [4.69, 9.17) is 4.74 Å². The summed E-state index contributed by atoms with van der Waals surface area (Å²) in [7, 11) is -1.55. The van der Waals surface area contributed by atoms with Crippen LogP contribution in [0, 0.1) is 0 Å². The van der Waals surface area contributed by atoms with Gasteiger partial charge < -0.3 is 14.8 Å². The van der Waals surface area contributed by atoms with E-state index in [2.05, 4.69) is 15.9 Å². The van der Waals surface area contributed by atoms with Gasteiger partial charge in [-0.3, -0.25) is 0 Å². The maximum Gasteiger partial charge on any atom is 0.492 e. The third kappa shape index (κ3) is 3.35. The van der Waals surface area contributed by atoms with E-state index in [1.54, 1.807) is 18.2 Å². The fraction of sp³-hybridized carbons (Fsp3) is 0.0769. The Balaban J connectivity index is 2.14. The first kappa shape index (κ1) is 13.1. The van der Waals surface area contributed by atoms with Crippen LogP contribution in [0.1, 0.15) is 5.56 Å². The lowest BCUT2D eigenvalue weighted by Gasteiger charge is -2.11. The lowest BCUT2D eigenvalue weighted by molar-refractivity contribution is 0.306. The fourth-order valence-corrected chi connectivity index (χ4v) is 1.97. The second-order valence-electron chi connectivity index (χ2n) is 3.83. The van der Waals surface area contributed by atoms with Gasteiger partial charge in [0.15, 0.2) is 0 Å². The molecule has 0 aromatic heterocycles. The van der Waals surface area contributed by atoms with Crippen LogP contribution >= 0.6 is 15.9 Å². The van der Waals surface area contributed by atoms with E-state index in [1.165, 1.54) is 0 Å². The molecule has 2 rings (SSSR count). The highest BCUT2D eigenvalue weighted by molar-refractivity contribution is 9.10. The van der Waals surface area contributed by atoms with E-state index in [-0.39, 0.29) is 0 Å². The molecule has 0 radical (unpaired) electrons. The fourth-order valence-electron chi connectivity index (χ4n) is 1.59. The molecule has 0 aliphatic heterocycles. The predicted molar refractivity (Wildman–Crippen MR) is 74.7 cm³/mol. The predicted octanol–water partition coefficient (Wildman–Crippen LogP) is 1.71. The molecule has 0 aliphatic carbocycles. The summed E-state index contributed by atoms with van der Waals surface area (Å²) >= 11 is 3.28. The first-order chi connectivity index (χ1) is 8.66. The average Bonchev–Trinajstić information content (AvgIpc) is 2.38. The van der Waals surface area contributed by atoms with E-state index in [9.17, 15) is 10.0 Å². The minimum atomic E-state index is -1.55. The van der Waals surface area contributed by atoms with Crippen LogP contribution in [0.3, 0.4) is 0 Å². The van der Waals surface area contributed by atoms with Gasteiger partial charge in [-0.25, -0.2) is 0 Å². The van der Waals surface area contributed by atoms with Crippen molar-refractivity contribution in [3.63, 3.8) is 0 Å². The molecule has 0 aliphatic rings. The maximum atomic E-state index is 9.28. The summed E-state index contributed by atoms with van der Waals surface area (Å²) in [6, 6.07) is 14.8. The quantitative estimate of drug-likeness (QED) is 0.846. The molecule has 0 fully saturated rings. The van der Waals surface area contributed by atoms with Crippen LogP contribution in [-0.2, 0) is 6.61 Å². The molecule has 3 nitrogen and oxygen atoms in total. The molecule has 2 aromatic carbocycles. The molecule has 0 saturated heterocycles. The van der Waals surface area contributed by atoms with Gasteiger partial charge in [-0.05, 0) is 23.8 Å². The summed E-state index contributed by atoms with van der Waals surface area (Å²) in [5, 5.41) is 18.6. The van der Waals surface area contributed by atoms with E-state index in [1.807, 2.05) is 30.3 Å². The highest BCUT2D eigenvalue weighted by Crippen LogP contribution is 2.16. The number of hydrogen-bond acceptors (Lipinski definition) is 3. The van der Waals surface area contributed by atoms with Crippen LogP contribution in [0.25, 0.3) is 0 Å². The summed E-state index contributed by atoms with van der Waals surface area (Å²) in [5.74, 6) is 0.469. The van der Waals surface area contributed by atoms with Gasteiger partial charge in [-0.2, -0.15) is 0 Å². The molecular formula is C13H12BBrO3. The first-order valence-corrected chi connectivity index (χ1v) is 6.28. The summed E-state index contributed by atoms with van der Waals surface area (Å²) in [6.07, 6.45) is 0. The number of halogens is 1. The van der Waals surface area contributed by atoms with Crippen molar-refractivity contribution in [2.75, 3.05) is 0 Å². The minimum Gasteiger partial charge on any atom is -0.489 e. The minimum absolute atomic E-state index is 0.348. The van der Waals surface area contributed by atoms with Gasteiger partial charge >= 0.3 is 7.12 Å². The Morgan fingerprint density at radius 2 is 1.78 bits per heavy atom. The molecule has 0 heterocycles. The lowest BCUT2D eigenvalue weighted by Crippen LogP contribution is -2.31. The van der Waals surface area contributed by atoms with Crippen LogP contribution in [0.5, 0.6) is 5.75 Å². The normalized spacial score (nSPS) is 10.2. The Labute approximate surface area is 114 Å². The van der Waals surface area contributed by atoms with Gasteiger partial charge in [0, 0.05) is 9.94 Å². The van der Waals surface area contributed by atoms with Crippen molar-refractivity contribution < 1.29 is 14.8 Å². The number of rotatable bonds is 4. The zero-order valence-corrected chi connectivity index (χ0v) is 11.2. The monoisotopic (exact) mass is 306 g/mol. The molecule has 18 heavy (non-hydrogen) atoms. The van der Waals surface area contributed by atoms with Crippen LogP contribution in [0.4, 0.5) is 0 Å². The van der Waals surface area contributed by atoms with Crippen molar-refractivity contribution in [2.24, 2.45) is 0 Å². The lowest BCUT2D eigenvalue weighted by atomic mass is 9.79. The Bertz CT molecular complexity index is 517. The Hall–Kier alpha value is -1.30. The molecule has 5 heteroatoms. The molecule has 0 unspecified atom stereocenters. The molecule has 0 amide bonds. The van der Waals surface area contributed by atoms with E-state index < -0.39 is 7.12 Å². The smallest absolute Gasteiger partial charge is 0.489 e. The third-order valence-electron chi connectivity index (χ3n) is 2.49. The average molecular weight is 307 g/mol. The van der Waals surface area contributed by atoms with Gasteiger partial charge in [0.2, 0.25) is 0 Å². The van der Waals surface area contributed by atoms with Crippen LogP contribution in [-0.4, -0.2) is 17.2 Å². The van der Waals surface area contributed by atoms with Gasteiger partial charge in [0.25, 0.3) is 0 Å². The van der Waals surface area contributed by atoms with Gasteiger partial charge in [-0.15, -0.1) is 0 Å². The number of benzene rings is 2. The summed E-state index contributed by atoms with van der Waals surface area (Å²) < 4.78 is 6.37. The van der Waals surface area contributed by atoms with Gasteiger partial charge in [0.05, 0.1) is 0 Å². The van der Waals surface area contributed by atoms with Crippen LogP contribution in [0.2, 0.25) is 0 Å². The zero-order valence-electron chi connectivity index (χ0n) is 9.58. The van der Waals surface area contributed by atoms with E-state index in [0.29, 0.717) is 17.8 Å². The van der Waals surface area contributed by atoms with Gasteiger partial charge in [0.1, 0.15) is 12.4 Å². The summed E-state index contributed by atoms with van der Waals surface area (Å²) in [6.45, 7) is 0.391. The van der Waals surface area contributed by atoms with Crippen molar-refractivity contribution in [2.45, 2.75) is 6.61 Å². The third-order valence-corrected chi connectivity index (χ3v) is 2.98. The molecule has 0 saturated carbocycles. The topological polar surface area (TPSA) is 49.7 Å². The molecule has 2 N–H and O–H groups in total. The van der Waals surface area contributed by atoms with E-state index in [0.717, 1.165) is 10.0 Å². The molecule has 0 spiro atoms. The Morgan fingerprint density at radius 3 is 2.44 bits per heavy atom. The first-order valence-electron chi connectivity index (χ1n) is 5.49. The molecule has 0 bridgehead atoms. The van der Waals surface area contributed by atoms with Crippen molar-refractivity contribution in [1.29, 1.82) is 0 Å². The zero-order chi connectivity index (χ0) is 13.0. The highest BCUT2D eigenvalue weighted by Gasteiger charge is 2.17. The number of ether oxygens (including phenoxy) is 1. The molecule has 0 atom stereocenters. The molecule has 92 valence electrons. The number of hydrogen-bond donors (Lipinski definition) is 2. The van der Waals surface area contributed by atoms with E-state index >= 15 is 0 Å². The molecule has 2 aromatic rings. The Kier molecular flexibility index (Phi) is 4.41. The Morgan fingerprint density at radius 1 is 1.06 bits per heavy atom. The van der Waals surface area contributed by atoms with Crippen LogP contribution < -0.4 is 10.2 Å². The van der Waals surface area contributed by atoms with Crippen molar-refractivity contribution in [3.8, 4) is 5.75 Å². The highest BCUT2D eigenvalue weighted by atomic mass is 79.9. The van der Waals surface area contributed by atoms with Crippen molar-refractivity contribution in [1.82, 2.24) is 0 Å². The maximum absolute atomic E-state index is 9.28. The largest absolute Gasteiger partial charge is 0.492 e. The van der Waals surface area contributed by atoms with Crippen LogP contribution in [0.15, 0.2) is 53.0 Å². The second kappa shape index (κ2) is 6.04. The second-order valence-corrected chi connectivity index (χ2v) is 4.75.